The Morgan fingerprint density at radius 1 is 1.45 bits per heavy atom. The van der Waals surface area contributed by atoms with Crippen molar-refractivity contribution in [2.75, 3.05) is 5.73 Å². The summed E-state index contributed by atoms with van der Waals surface area (Å²) in [6.07, 6.45) is 0. The van der Waals surface area contributed by atoms with Crippen molar-refractivity contribution in [3.63, 3.8) is 0 Å². The van der Waals surface area contributed by atoms with Gasteiger partial charge in [0.25, 0.3) is 0 Å². The van der Waals surface area contributed by atoms with Crippen LogP contribution in [0.25, 0.3) is 0 Å². The highest BCUT2D eigenvalue weighted by atomic mass is 35.5. The molecule has 1 aromatic heterocycles. The molecule has 11 heavy (non-hydrogen) atoms. The Morgan fingerprint density at radius 2 is 2.09 bits per heavy atom. The van der Waals surface area contributed by atoms with E-state index in [1.54, 1.807) is 6.07 Å². The van der Waals surface area contributed by atoms with Crippen molar-refractivity contribution >= 4 is 17.3 Å². The molecule has 3 heteroatoms. The molecule has 0 saturated heterocycles. The first-order valence-corrected chi connectivity index (χ1v) is 3.91. The van der Waals surface area contributed by atoms with Crippen molar-refractivity contribution in [2.45, 2.75) is 19.8 Å². The summed E-state index contributed by atoms with van der Waals surface area (Å²) in [5, 5.41) is 0.399. The van der Waals surface area contributed by atoms with Gasteiger partial charge in [-0.05, 0) is 18.1 Å². The lowest BCUT2D eigenvalue weighted by molar-refractivity contribution is 0.824. The molecule has 0 saturated carbocycles. The summed E-state index contributed by atoms with van der Waals surface area (Å²) in [7, 11) is 0. The summed E-state index contributed by atoms with van der Waals surface area (Å²) in [4.78, 5) is 4.11. The third kappa shape index (κ3) is 1.84. The minimum Gasteiger partial charge on any atom is -0.396 e. The molecule has 0 amide bonds. The van der Waals surface area contributed by atoms with Gasteiger partial charge in [0, 0.05) is 5.69 Å². The quantitative estimate of drug-likeness (QED) is 0.658. The van der Waals surface area contributed by atoms with E-state index in [4.69, 9.17) is 17.3 Å². The lowest BCUT2D eigenvalue weighted by atomic mass is 10.1. The molecule has 0 unspecified atom stereocenters. The van der Waals surface area contributed by atoms with Crippen molar-refractivity contribution in [1.82, 2.24) is 4.98 Å². The van der Waals surface area contributed by atoms with Gasteiger partial charge in [0.05, 0.1) is 5.69 Å². The van der Waals surface area contributed by atoms with Crippen LogP contribution >= 0.6 is 11.6 Å². The highest BCUT2D eigenvalue weighted by molar-refractivity contribution is 6.31. The zero-order valence-corrected chi connectivity index (χ0v) is 7.39. The maximum atomic E-state index is 5.72. The fourth-order valence-corrected chi connectivity index (χ4v) is 0.941. The SMILES string of the molecule is CC(C)c1ccc(N)c(Cl)n1. The van der Waals surface area contributed by atoms with Crippen molar-refractivity contribution in [1.29, 1.82) is 0 Å². The number of nitrogen functional groups attached to an aromatic ring is 1. The molecule has 0 aliphatic carbocycles. The maximum Gasteiger partial charge on any atom is 0.152 e. The first-order valence-electron chi connectivity index (χ1n) is 3.53. The standard InChI is InChI=1S/C8H11ClN2/c1-5(2)7-4-3-6(10)8(9)11-7/h3-5H,10H2,1-2H3. The zero-order chi connectivity index (χ0) is 8.43. The molecule has 1 rings (SSSR count). The van der Waals surface area contributed by atoms with Gasteiger partial charge in [-0.15, -0.1) is 0 Å². The predicted octanol–water partition coefficient (Wildman–Crippen LogP) is 2.44. The lowest BCUT2D eigenvalue weighted by Crippen LogP contribution is -1.95. The van der Waals surface area contributed by atoms with Gasteiger partial charge in [-0.3, -0.25) is 0 Å². The molecule has 1 aromatic rings. The van der Waals surface area contributed by atoms with Gasteiger partial charge < -0.3 is 5.73 Å². The summed E-state index contributed by atoms with van der Waals surface area (Å²) >= 11 is 5.72. The Morgan fingerprint density at radius 3 is 2.55 bits per heavy atom. The van der Waals surface area contributed by atoms with E-state index in [1.165, 1.54) is 0 Å². The van der Waals surface area contributed by atoms with E-state index in [0.717, 1.165) is 5.69 Å². The van der Waals surface area contributed by atoms with Crippen molar-refractivity contribution < 1.29 is 0 Å². The molecule has 0 bridgehead atoms. The number of nitrogens with two attached hydrogens (primary N) is 1. The number of pyridine rings is 1. The Balaban J connectivity index is 3.05. The van der Waals surface area contributed by atoms with Crippen molar-refractivity contribution in [3.8, 4) is 0 Å². The highest BCUT2D eigenvalue weighted by Crippen LogP contribution is 2.19. The first kappa shape index (κ1) is 8.34. The fraction of sp³-hybridized carbons (Fsp3) is 0.375. The van der Waals surface area contributed by atoms with Crippen LogP contribution in [0.15, 0.2) is 12.1 Å². The zero-order valence-electron chi connectivity index (χ0n) is 6.63. The van der Waals surface area contributed by atoms with E-state index in [-0.39, 0.29) is 0 Å². The van der Waals surface area contributed by atoms with E-state index in [9.17, 15) is 0 Å². The molecule has 2 nitrogen and oxygen atoms in total. The van der Waals surface area contributed by atoms with Gasteiger partial charge in [0.1, 0.15) is 0 Å². The highest BCUT2D eigenvalue weighted by Gasteiger charge is 2.02. The summed E-state index contributed by atoms with van der Waals surface area (Å²) < 4.78 is 0. The smallest absolute Gasteiger partial charge is 0.152 e. The van der Waals surface area contributed by atoms with Crippen molar-refractivity contribution in [3.05, 3.63) is 23.0 Å². The van der Waals surface area contributed by atoms with Crippen LogP contribution in [0.3, 0.4) is 0 Å². The molecule has 0 spiro atoms. The topological polar surface area (TPSA) is 38.9 Å². The largest absolute Gasteiger partial charge is 0.396 e. The Labute approximate surface area is 71.4 Å². The number of halogens is 1. The van der Waals surface area contributed by atoms with Gasteiger partial charge in [0.2, 0.25) is 0 Å². The van der Waals surface area contributed by atoms with Crippen molar-refractivity contribution in [2.24, 2.45) is 0 Å². The Bertz CT molecular complexity index is 258. The molecule has 0 fully saturated rings. The van der Waals surface area contributed by atoms with E-state index >= 15 is 0 Å². The number of anilines is 1. The monoisotopic (exact) mass is 170 g/mol. The molecule has 0 aromatic carbocycles. The molecule has 1 heterocycles. The van der Waals surface area contributed by atoms with Crippen LogP contribution in [-0.2, 0) is 0 Å². The second kappa shape index (κ2) is 3.09. The van der Waals surface area contributed by atoms with E-state index in [1.807, 2.05) is 6.07 Å². The second-order valence-electron chi connectivity index (χ2n) is 2.77. The van der Waals surface area contributed by atoms with E-state index < -0.39 is 0 Å². The van der Waals surface area contributed by atoms with Crippen LogP contribution in [0, 0.1) is 0 Å². The number of aromatic nitrogens is 1. The van der Waals surface area contributed by atoms with Crippen LogP contribution in [0.2, 0.25) is 5.15 Å². The maximum absolute atomic E-state index is 5.72. The third-order valence-corrected chi connectivity index (χ3v) is 1.79. The minimum absolute atomic E-state index is 0.396. The summed E-state index contributed by atoms with van der Waals surface area (Å²) in [5.41, 5.74) is 7.01. The van der Waals surface area contributed by atoms with E-state index in [0.29, 0.717) is 16.8 Å². The van der Waals surface area contributed by atoms with Crippen LogP contribution < -0.4 is 5.73 Å². The molecular weight excluding hydrogens is 160 g/mol. The van der Waals surface area contributed by atoms with Gasteiger partial charge in [-0.1, -0.05) is 25.4 Å². The summed E-state index contributed by atoms with van der Waals surface area (Å²) in [6, 6.07) is 3.68. The van der Waals surface area contributed by atoms with Crippen LogP contribution in [0.5, 0.6) is 0 Å². The molecule has 0 aliphatic heterocycles. The molecule has 0 atom stereocenters. The Kier molecular flexibility index (Phi) is 2.35. The van der Waals surface area contributed by atoms with E-state index in [2.05, 4.69) is 18.8 Å². The molecular formula is C8H11ClN2. The predicted molar refractivity (Wildman–Crippen MR) is 47.7 cm³/mol. The summed E-state index contributed by atoms with van der Waals surface area (Å²) in [6.45, 7) is 4.13. The van der Waals surface area contributed by atoms with Gasteiger partial charge in [-0.2, -0.15) is 0 Å². The number of nitrogens with zero attached hydrogens (tertiary/aromatic N) is 1. The normalized spacial score (nSPS) is 10.5. The minimum atomic E-state index is 0.396. The molecule has 2 N–H and O–H groups in total. The number of hydrogen-bond donors (Lipinski definition) is 1. The number of rotatable bonds is 1. The average molecular weight is 171 g/mol. The molecule has 0 radical (unpaired) electrons. The van der Waals surface area contributed by atoms with Crippen LogP contribution in [-0.4, -0.2) is 4.98 Å². The van der Waals surface area contributed by atoms with Gasteiger partial charge >= 0.3 is 0 Å². The first-order chi connectivity index (χ1) is 5.11. The third-order valence-electron chi connectivity index (χ3n) is 1.49. The molecule has 60 valence electrons. The number of hydrogen-bond acceptors (Lipinski definition) is 2. The van der Waals surface area contributed by atoms with Crippen LogP contribution in [0.1, 0.15) is 25.5 Å². The van der Waals surface area contributed by atoms with Crippen LogP contribution in [0.4, 0.5) is 5.69 Å². The van der Waals surface area contributed by atoms with Gasteiger partial charge in [-0.25, -0.2) is 4.98 Å². The molecule has 0 aliphatic rings. The second-order valence-corrected chi connectivity index (χ2v) is 3.13. The lowest BCUT2D eigenvalue weighted by Gasteiger charge is -2.04. The summed E-state index contributed by atoms with van der Waals surface area (Å²) in [5.74, 6) is 0.396. The fourth-order valence-electron chi connectivity index (χ4n) is 0.781. The van der Waals surface area contributed by atoms with Gasteiger partial charge in [0.15, 0.2) is 5.15 Å². The Hall–Kier alpha value is -0.760. The average Bonchev–Trinajstić information content (AvgIpc) is 1.94.